The van der Waals surface area contributed by atoms with Crippen molar-refractivity contribution in [3.8, 4) is 0 Å². The highest BCUT2D eigenvalue weighted by molar-refractivity contribution is 14.0. The molecule has 0 aliphatic heterocycles. The highest BCUT2D eigenvalue weighted by atomic mass is 127. The summed E-state index contributed by atoms with van der Waals surface area (Å²) in [5.41, 5.74) is 5.24. The number of amides is 1. The first-order chi connectivity index (χ1) is 6.85. The number of guanidine groups is 1. The van der Waals surface area contributed by atoms with Crippen LogP contribution in [0.25, 0.3) is 0 Å². The number of aliphatic imine (C=N–C) groups is 1. The van der Waals surface area contributed by atoms with Gasteiger partial charge >= 0.3 is 0 Å². The molecule has 5 nitrogen and oxygen atoms in total. The van der Waals surface area contributed by atoms with Gasteiger partial charge in [0.25, 0.3) is 0 Å². The van der Waals surface area contributed by atoms with Gasteiger partial charge < -0.3 is 16.4 Å². The number of nitrogens with two attached hydrogens (primary N) is 1. The first-order valence-electron chi connectivity index (χ1n) is 4.81. The third-order valence-corrected chi connectivity index (χ3v) is 1.33. The Morgan fingerprint density at radius 1 is 1.50 bits per heavy atom. The summed E-state index contributed by atoms with van der Waals surface area (Å²) in [7, 11) is 0. The Morgan fingerprint density at radius 3 is 2.50 bits per heavy atom. The van der Waals surface area contributed by atoms with Crippen LogP contribution in [0.1, 0.15) is 20.8 Å². The van der Waals surface area contributed by atoms with Crippen molar-refractivity contribution in [2.24, 2.45) is 10.7 Å². The second-order valence-electron chi connectivity index (χ2n) is 4.17. The van der Waals surface area contributed by atoms with Gasteiger partial charge in [-0.2, -0.15) is 0 Å². The monoisotopic (exact) mass is 340 g/mol. The number of carbonyl (C=O) groups excluding carboxylic acids is 1. The molecule has 0 radical (unpaired) electrons. The number of nitrogens with zero attached hydrogens (tertiary/aromatic N) is 1. The van der Waals surface area contributed by atoms with Crippen molar-refractivity contribution >= 4 is 35.8 Å². The topological polar surface area (TPSA) is 79.5 Å². The van der Waals surface area contributed by atoms with E-state index in [9.17, 15) is 4.79 Å². The minimum atomic E-state index is -0.240. The van der Waals surface area contributed by atoms with Gasteiger partial charge in [0.1, 0.15) is 6.54 Å². The van der Waals surface area contributed by atoms with Gasteiger partial charge in [0.05, 0.1) is 0 Å². The van der Waals surface area contributed by atoms with Crippen molar-refractivity contribution < 1.29 is 4.79 Å². The Hall–Kier alpha value is -0.790. The molecular weight excluding hydrogens is 319 g/mol. The quantitative estimate of drug-likeness (QED) is 0.304. The van der Waals surface area contributed by atoms with E-state index in [0.717, 1.165) is 0 Å². The van der Waals surface area contributed by atoms with Crippen LogP contribution in [0.4, 0.5) is 0 Å². The van der Waals surface area contributed by atoms with E-state index in [1.165, 1.54) is 0 Å². The number of halogens is 1. The van der Waals surface area contributed by atoms with Crippen LogP contribution in [0, 0.1) is 0 Å². The summed E-state index contributed by atoms with van der Waals surface area (Å²) in [4.78, 5) is 15.2. The van der Waals surface area contributed by atoms with Gasteiger partial charge in [-0.15, -0.1) is 30.6 Å². The van der Waals surface area contributed by atoms with Gasteiger partial charge in [0.15, 0.2) is 5.96 Å². The van der Waals surface area contributed by atoms with Crippen molar-refractivity contribution in [3.63, 3.8) is 0 Å². The zero-order chi connectivity index (χ0) is 11.9. The fourth-order valence-corrected chi connectivity index (χ4v) is 0.847. The van der Waals surface area contributed by atoms with E-state index in [4.69, 9.17) is 5.73 Å². The summed E-state index contributed by atoms with van der Waals surface area (Å²) in [6.45, 7) is 9.83. The van der Waals surface area contributed by atoms with Crippen molar-refractivity contribution in [1.82, 2.24) is 10.6 Å². The Balaban J connectivity index is 0. The summed E-state index contributed by atoms with van der Waals surface area (Å²) in [6.07, 6.45) is 1.66. The zero-order valence-electron chi connectivity index (χ0n) is 10.0. The molecule has 0 spiro atoms. The molecule has 0 aromatic carbocycles. The Bertz CT molecular complexity index is 258. The zero-order valence-corrected chi connectivity index (χ0v) is 12.4. The van der Waals surface area contributed by atoms with Crippen LogP contribution < -0.4 is 16.4 Å². The maximum absolute atomic E-state index is 11.3. The second kappa shape index (κ2) is 8.37. The van der Waals surface area contributed by atoms with Crippen LogP contribution in [0.5, 0.6) is 0 Å². The molecule has 0 aromatic rings. The Morgan fingerprint density at radius 2 is 2.06 bits per heavy atom. The van der Waals surface area contributed by atoms with Crippen LogP contribution >= 0.6 is 24.0 Å². The van der Waals surface area contributed by atoms with E-state index < -0.39 is 0 Å². The van der Waals surface area contributed by atoms with Crippen molar-refractivity contribution in [3.05, 3.63) is 12.7 Å². The SMILES string of the molecule is C=CCNC(N)=NCC(=O)NC(C)(C)C.I. The number of hydrogen-bond donors (Lipinski definition) is 3. The molecule has 0 aliphatic carbocycles. The minimum Gasteiger partial charge on any atom is -0.370 e. The van der Waals surface area contributed by atoms with Crippen molar-refractivity contribution in [2.75, 3.05) is 13.1 Å². The summed E-state index contributed by atoms with van der Waals surface area (Å²) >= 11 is 0. The van der Waals surface area contributed by atoms with E-state index >= 15 is 0 Å². The fraction of sp³-hybridized carbons (Fsp3) is 0.600. The molecule has 0 heterocycles. The Kier molecular flexibility index (Phi) is 9.21. The molecule has 4 N–H and O–H groups in total. The molecule has 0 fully saturated rings. The molecule has 0 aliphatic rings. The van der Waals surface area contributed by atoms with Gasteiger partial charge in [-0.25, -0.2) is 4.99 Å². The molecule has 16 heavy (non-hydrogen) atoms. The van der Waals surface area contributed by atoms with Crippen LogP contribution in [-0.2, 0) is 4.79 Å². The maximum atomic E-state index is 11.3. The lowest BCUT2D eigenvalue weighted by Crippen LogP contribution is -2.42. The molecule has 6 heteroatoms. The van der Waals surface area contributed by atoms with Gasteiger partial charge in [0, 0.05) is 12.1 Å². The second-order valence-corrected chi connectivity index (χ2v) is 4.17. The maximum Gasteiger partial charge on any atom is 0.242 e. The third-order valence-electron chi connectivity index (χ3n) is 1.33. The third kappa shape index (κ3) is 11.3. The first-order valence-corrected chi connectivity index (χ1v) is 4.81. The van der Waals surface area contributed by atoms with Gasteiger partial charge in [-0.1, -0.05) is 6.08 Å². The van der Waals surface area contributed by atoms with Crippen LogP contribution in [-0.4, -0.2) is 30.5 Å². The van der Waals surface area contributed by atoms with E-state index in [0.29, 0.717) is 6.54 Å². The lowest BCUT2D eigenvalue weighted by molar-refractivity contribution is -0.121. The molecule has 0 aromatic heterocycles. The number of rotatable bonds is 4. The summed E-state index contributed by atoms with van der Waals surface area (Å²) in [5, 5.41) is 5.56. The van der Waals surface area contributed by atoms with Crippen molar-refractivity contribution in [2.45, 2.75) is 26.3 Å². The fourth-order valence-electron chi connectivity index (χ4n) is 0.847. The van der Waals surface area contributed by atoms with Gasteiger partial charge in [-0.3, -0.25) is 4.79 Å². The van der Waals surface area contributed by atoms with E-state index in [1.54, 1.807) is 6.08 Å². The van der Waals surface area contributed by atoms with Crippen LogP contribution in [0.3, 0.4) is 0 Å². The molecule has 1 amide bonds. The van der Waals surface area contributed by atoms with Gasteiger partial charge in [-0.05, 0) is 20.8 Å². The van der Waals surface area contributed by atoms with E-state index in [-0.39, 0.29) is 47.9 Å². The summed E-state index contributed by atoms with van der Waals surface area (Å²) in [6, 6.07) is 0. The normalized spacial score (nSPS) is 11.3. The predicted octanol–water partition coefficient (Wildman–Crippen LogP) is 0.609. The smallest absolute Gasteiger partial charge is 0.242 e. The number of nitrogens with one attached hydrogen (secondary N) is 2. The largest absolute Gasteiger partial charge is 0.370 e. The summed E-state index contributed by atoms with van der Waals surface area (Å²) < 4.78 is 0. The average Bonchev–Trinajstić information content (AvgIpc) is 2.08. The van der Waals surface area contributed by atoms with Crippen LogP contribution in [0.15, 0.2) is 17.6 Å². The van der Waals surface area contributed by atoms with Gasteiger partial charge in [0.2, 0.25) is 5.91 Å². The number of hydrogen-bond acceptors (Lipinski definition) is 2. The number of carbonyl (C=O) groups is 1. The molecule has 0 unspecified atom stereocenters. The lowest BCUT2D eigenvalue weighted by Gasteiger charge is -2.19. The highest BCUT2D eigenvalue weighted by Gasteiger charge is 2.12. The summed E-state index contributed by atoms with van der Waals surface area (Å²) in [5.74, 6) is 0.102. The standard InChI is InChI=1S/C10H20N4O.HI/c1-5-6-12-9(11)13-7-8(15)14-10(2,3)4;/h5H,1,6-7H2,2-4H3,(H,14,15)(H3,11,12,13);1H. The average molecular weight is 340 g/mol. The van der Waals surface area contributed by atoms with E-state index in [1.807, 2.05) is 20.8 Å². The van der Waals surface area contributed by atoms with Crippen LogP contribution in [0.2, 0.25) is 0 Å². The first kappa shape index (κ1) is 17.6. The predicted molar refractivity (Wildman–Crippen MR) is 78.0 cm³/mol. The minimum absolute atomic E-state index is 0. The molecule has 94 valence electrons. The molecule has 0 saturated carbocycles. The van der Waals surface area contributed by atoms with E-state index in [2.05, 4.69) is 22.2 Å². The lowest BCUT2D eigenvalue weighted by atomic mass is 10.1. The Labute approximate surface area is 114 Å². The van der Waals surface area contributed by atoms with Crippen molar-refractivity contribution in [1.29, 1.82) is 0 Å². The molecular formula is C10H21IN4O. The molecule has 0 atom stereocenters. The highest BCUT2D eigenvalue weighted by Crippen LogP contribution is 1.97. The molecule has 0 rings (SSSR count). The molecule has 0 saturated heterocycles. The molecule has 0 bridgehead atoms.